The summed E-state index contributed by atoms with van der Waals surface area (Å²) in [7, 11) is 0. The summed E-state index contributed by atoms with van der Waals surface area (Å²) >= 11 is 0. The van der Waals surface area contributed by atoms with Crippen molar-refractivity contribution in [2.45, 2.75) is 97.3 Å². The summed E-state index contributed by atoms with van der Waals surface area (Å²) in [5.41, 5.74) is 12.1. The van der Waals surface area contributed by atoms with Crippen molar-refractivity contribution < 1.29 is 28.3 Å². The van der Waals surface area contributed by atoms with Crippen LogP contribution >= 0.6 is 0 Å². The van der Waals surface area contributed by atoms with Gasteiger partial charge in [0.15, 0.2) is 36.1 Å². The zero-order valence-electron chi connectivity index (χ0n) is 32.1. The Morgan fingerprint density at radius 1 is 0.596 bits per heavy atom. The van der Waals surface area contributed by atoms with Crippen LogP contribution in [0.4, 0.5) is 11.4 Å². The molecule has 0 N–H and O–H groups in total. The number of anilines is 2. The largest absolute Gasteiger partial charge is 0.454 e. The molecule has 0 aromatic heterocycles. The van der Waals surface area contributed by atoms with Crippen molar-refractivity contribution in [1.29, 1.82) is 0 Å². The lowest BCUT2D eigenvalue weighted by Crippen LogP contribution is -2.36. The van der Waals surface area contributed by atoms with Gasteiger partial charge >= 0.3 is 0 Å². The highest BCUT2D eigenvalue weighted by Crippen LogP contribution is 2.57. The molecule has 2 aromatic carbocycles. The molecule has 0 radical (unpaired) electrons. The zero-order valence-corrected chi connectivity index (χ0v) is 32.1. The van der Waals surface area contributed by atoms with Crippen LogP contribution in [0.3, 0.4) is 0 Å². The van der Waals surface area contributed by atoms with Crippen molar-refractivity contribution in [2.75, 3.05) is 62.8 Å². The number of hydrogen-bond acceptors (Lipinski definition) is 7. The van der Waals surface area contributed by atoms with Crippen LogP contribution in [0.5, 0.6) is 23.0 Å². The summed E-state index contributed by atoms with van der Waals surface area (Å²) in [5, 5.41) is 0. The smallest absolute Gasteiger partial charge is 0.231 e. The summed E-state index contributed by atoms with van der Waals surface area (Å²) in [6.07, 6.45) is 17.2. The molecule has 0 spiro atoms. The van der Waals surface area contributed by atoms with Crippen LogP contribution in [0, 0.1) is 0 Å². The SMILES string of the molecule is CCN1C(=CC=C2CCCC(=CC=C3N(CC)c4cc5c(cc4C3(CC)CC)OCO5)C2=[N+]2CCOCC2)C(CC)(CC)c2cc3c(cc21)OCO3. The third kappa shape index (κ3) is 5.30. The van der Waals surface area contributed by atoms with E-state index in [9.17, 15) is 0 Å². The highest BCUT2D eigenvalue weighted by Gasteiger charge is 2.47. The quantitative estimate of drug-likeness (QED) is 0.254. The number of hydrogen-bond donors (Lipinski definition) is 0. The number of morpholine rings is 1. The number of ether oxygens (including phenoxy) is 5. The first kappa shape index (κ1) is 34.9. The van der Waals surface area contributed by atoms with Crippen molar-refractivity contribution in [3.8, 4) is 23.0 Å². The highest BCUT2D eigenvalue weighted by atomic mass is 16.7. The third-order valence-corrected chi connectivity index (χ3v) is 12.9. The monoisotopic (exact) mass is 706 g/mol. The lowest BCUT2D eigenvalue weighted by molar-refractivity contribution is -0.548. The normalized spacial score (nSPS) is 24.2. The van der Waals surface area contributed by atoms with Crippen LogP contribution in [-0.4, -0.2) is 63.3 Å². The molecular formula is C44H56N3O5+. The minimum Gasteiger partial charge on any atom is -0.454 e. The van der Waals surface area contributed by atoms with Gasteiger partial charge in [-0.1, -0.05) is 39.8 Å². The minimum atomic E-state index is -0.0821. The minimum absolute atomic E-state index is 0.0821. The maximum atomic E-state index is 5.88. The fraction of sp³-hybridized carbons (Fsp3) is 0.523. The molecule has 6 aliphatic rings. The molecule has 8 rings (SSSR count). The molecule has 2 aromatic rings. The van der Waals surface area contributed by atoms with Gasteiger partial charge in [0, 0.05) is 70.0 Å². The van der Waals surface area contributed by atoms with E-state index in [0.29, 0.717) is 13.6 Å². The molecule has 1 aliphatic carbocycles. The predicted octanol–water partition coefficient (Wildman–Crippen LogP) is 8.93. The Balaban J connectivity index is 1.22. The lowest BCUT2D eigenvalue weighted by Gasteiger charge is -2.32. The Kier molecular flexibility index (Phi) is 9.39. The van der Waals surface area contributed by atoms with Crippen LogP contribution in [0.15, 0.2) is 71.1 Å². The van der Waals surface area contributed by atoms with Crippen molar-refractivity contribution >= 4 is 17.1 Å². The van der Waals surface area contributed by atoms with Crippen LogP contribution in [-0.2, 0) is 15.6 Å². The van der Waals surface area contributed by atoms with Gasteiger partial charge in [0.1, 0.15) is 13.2 Å². The molecule has 276 valence electrons. The Bertz CT molecular complexity index is 1760. The molecule has 1 saturated heterocycles. The van der Waals surface area contributed by atoms with Gasteiger partial charge in [-0.2, -0.15) is 0 Å². The molecular weight excluding hydrogens is 651 g/mol. The van der Waals surface area contributed by atoms with Crippen molar-refractivity contribution in [3.63, 3.8) is 0 Å². The topological polar surface area (TPSA) is 55.6 Å². The maximum absolute atomic E-state index is 5.88. The van der Waals surface area contributed by atoms with Gasteiger partial charge in [-0.25, -0.2) is 4.58 Å². The first-order chi connectivity index (χ1) is 25.5. The van der Waals surface area contributed by atoms with Gasteiger partial charge in [-0.15, -0.1) is 0 Å². The Morgan fingerprint density at radius 3 is 1.42 bits per heavy atom. The van der Waals surface area contributed by atoms with Gasteiger partial charge in [-0.3, -0.25) is 0 Å². The number of likely N-dealkylation sites (N-methyl/N-ethyl adjacent to an activating group) is 2. The van der Waals surface area contributed by atoms with E-state index in [-0.39, 0.29) is 10.8 Å². The molecule has 0 atom stereocenters. The molecule has 5 aliphatic heterocycles. The molecule has 8 heteroatoms. The average Bonchev–Trinajstić information content (AvgIpc) is 3.96. The molecule has 5 heterocycles. The van der Waals surface area contributed by atoms with Crippen LogP contribution in [0.1, 0.15) is 97.6 Å². The molecule has 0 unspecified atom stereocenters. The molecule has 0 amide bonds. The third-order valence-electron chi connectivity index (χ3n) is 12.9. The lowest BCUT2D eigenvalue weighted by atomic mass is 9.74. The van der Waals surface area contributed by atoms with Gasteiger partial charge in [0.05, 0.1) is 0 Å². The van der Waals surface area contributed by atoms with E-state index in [0.717, 1.165) is 107 Å². The maximum Gasteiger partial charge on any atom is 0.231 e. The Hall–Kier alpha value is -4.17. The second-order valence-corrected chi connectivity index (χ2v) is 14.8. The van der Waals surface area contributed by atoms with E-state index in [4.69, 9.17) is 23.7 Å². The van der Waals surface area contributed by atoms with E-state index in [2.05, 4.69) is 104 Å². The van der Waals surface area contributed by atoms with E-state index in [1.54, 1.807) is 0 Å². The summed E-state index contributed by atoms with van der Waals surface area (Å²) in [4.78, 5) is 5.02. The standard InChI is InChI=1S/C44H56N3O5/c1-7-43(8-2)32-24-36-38(51-28-49-36)26-34(32)46(11-5)40(43)18-16-30-14-13-15-31(42(30)45-20-22-48-23-21-45)17-19-41-44(9-3,10-4)33-25-37-39(52-29-50-37)27-35(33)47(41)12-6/h16-19,24-27H,7-15,20-23,28-29H2,1-6H3/q+1. The van der Waals surface area contributed by atoms with Crippen LogP contribution < -0.4 is 28.7 Å². The molecule has 0 bridgehead atoms. The van der Waals surface area contributed by atoms with E-state index >= 15 is 0 Å². The summed E-state index contributed by atoms with van der Waals surface area (Å²) in [5.74, 6) is 3.44. The number of nitrogens with zero attached hydrogens (tertiary/aromatic N) is 3. The Morgan fingerprint density at radius 2 is 1.02 bits per heavy atom. The van der Waals surface area contributed by atoms with Crippen LogP contribution in [0.2, 0.25) is 0 Å². The fourth-order valence-electron chi connectivity index (χ4n) is 10.1. The van der Waals surface area contributed by atoms with Crippen LogP contribution in [0.25, 0.3) is 0 Å². The van der Waals surface area contributed by atoms with Gasteiger partial charge < -0.3 is 33.5 Å². The van der Waals surface area contributed by atoms with Crippen molar-refractivity contribution in [2.24, 2.45) is 0 Å². The number of rotatable bonds is 8. The number of fused-ring (bicyclic) bond motifs is 4. The van der Waals surface area contributed by atoms with E-state index < -0.39 is 0 Å². The second kappa shape index (κ2) is 14.0. The van der Waals surface area contributed by atoms with Gasteiger partial charge in [0.2, 0.25) is 19.3 Å². The predicted molar refractivity (Wildman–Crippen MR) is 208 cm³/mol. The fourth-order valence-corrected chi connectivity index (χ4v) is 10.1. The van der Waals surface area contributed by atoms with E-state index in [1.807, 2.05) is 0 Å². The first-order valence-corrected chi connectivity index (χ1v) is 19.9. The number of benzene rings is 2. The second-order valence-electron chi connectivity index (χ2n) is 14.8. The Labute approximate surface area is 310 Å². The molecule has 2 fully saturated rings. The average molecular weight is 707 g/mol. The van der Waals surface area contributed by atoms with Crippen molar-refractivity contribution in [1.82, 2.24) is 0 Å². The molecule has 8 nitrogen and oxygen atoms in total. The summed E-state index contributed by atoms with van der Waals surface area (Å²) in [6, 6.07) is 8.92. The molecule has 1 saturated carbocycles. The zero-order chi connectivity index (χ0) is 36.0. The summed E-state index contributed by atoms with van der Waals surface area (Å²) in [6.45, 7) is 19.6. The highest BCUT2D eigenvalue weighted by molar-refractivity contribution is 6.10. The first-order valence-electron chi connectivity index (χ1n) is 19.9. The van der Waals surface area contributed by atoms with E-state index in [1.165, 1.54) is 50.8 Å². The molecule has 52 heavy (non-hydrogen) atoms. The summed E-state index contributed by atoms with van der Waals surface area (Å²) < 4.78 is 31.9. The van der Waals surface area contributed by atoms with Gasteiger partial charge in [-0.05, 0) is 94.2 Å². The van der Waals surface area contributed by atoms with Gasteiger partial charge in [0.25, 0.3) is 0 Å². The van der Waals surface area contributed by atoms with Crippen molar-refractivity contribution in [3.05, 3.63) is 82.2 Å². The number of allylic oxidation sites excluding steroid dienone is 8.